The van der Waals surface area contributed by atoms with Gasteiger partial charge < -0.3 is 10.6 Å². The fourth-order valence-corrected chi connectivity index (χ4v) is 3.07. The molecule has 2 N–H and O–H groups in total. The fraction of sp³-hybridized carbons (Fsp3) is 0.500. The van der Waals surface area contributed by atoms with Gasteiger partial charge in [-0.3, -0.25) is 19.8 Å². The molecule has 1 aromatic rings. The Kier molecular flexibility index (Phi) is 7.74. The first-order valence-corrected chi connectivity index (χ1v) is 9.37. The van der Waals surface area contributed by atoms with Crippen molar-refractivity contribution in [1.29, 1.82) is 0 Å². The number of rotatable bonds is 6. The average Bonchev–Trinajstić information content (AvgIpc) is 2.54. The molecule has 1 fully saturated rings. The van der Waals surface area contributed by atoms with Crippen molar-refractivity contribution in [3.63, 3.8) is 0 Å². The van der Waals surface area contributed by atoms with Crippen LogP contribution in [-0.4, -0.2) is 69.7 Å². The third-order valence-corrected chi connectivity index (χ3v) is 4.81. The topological polar surface area (TPSA) is 122 Å². The Balaban J connectivity index is 0.00000312. The molecule has 25 heavy (non-hydrogen) atoms. The van der Waals surface area contributed by atoms with E-state index < -0.39 is 26.4 Å². The molecule has 0 aliphatic carbocycles. The van der Waals surface area contributed by atoms with Gasteiger partial charge in [-0.2, -0.15) is 0 Å². The molecule has 11 heteroatoms. The molecule has 0 saturated carbocycles. The first-order chi connectivity index (χ1) is 11.3. The zero-order valence-electron chi connectivity index (χ0n) is 13.7. The minimum absolute atomic E-state index is 0. The molecule has 0 unspecified atom stereocenters. The normalized spacial score (nSPS) is 15.2. The van der Waals surface area contributed by atoms with Gasteiger partial charge in [0.05, 0.1) is 9.82 Å². The smallest absolute Gasteiger partial charge is 0.271 e. The Bertz CT molecular complexity index is 735. The Hall–Kier alpha value is -1.75. The van der Waals surface area contributed by atoms with Gasteiger partial charge in [-0.05, 0) is 6.07 Å². The summed E-state index contributed by atoms with van der Waals surface area (Å²) in [5.41, 5.74) is -0.463. The molecule has 1 aliphatic heterocycles. The lowest BCUT2D eigenvalue weighted by molar-refractivity contribution is -0.385. The van der Waals surface area contributed by atoms with Gasteiger partial charge >= 0.3 is 0 Å². The number of piperazine rings is 1. The highest BCUT2D eigenvalue weighted by Crippen LogP contribution is 2.20. The zero-order chi connectivity index (χ0) is 17.7. The van der Waals surface area contributed by atoms with E-state index in [9.17, 15) is 23.3 Å². The third-order valence-electron chi connectivity index (χ3n) is 3.72. The molecule has 1 aliphatic rings. The van der Waals surface area contributed by atoms with Crippen LogP contribution in [0, 0.1) is 10.1 Å². The predicted octanol–water partition coefficient (Wildman–Crippen LogP) is 0.0551. The average molecular weight is 393 g/mol. The lowest BCUT2D eigenvalue weighted by Crippen LogP contribution is -2.46. The Labute approximate surface area is 152 Å². The van der Waals surface area contributed by atoms with Gasteiger partial charge in [-0.25, -0.2) is 8.42 Å². The van der Waals surface area contributed by atoms with Gasteiger partial charge in [0.1, 0.15) is 0 Å². The van der Waals surface area contributed by atoms with E-state index in [-0.39, 0.29) is 22.9 Å². The molecule has 1 aromatic carbocycles. The van der Waals surface area contributed by atoms with Crippen molar-refractivity contribution in [1.82, 2.24) is 15.5 Å². The summed E-state index contributed by atoms with van der Waals surface area (Å²) in [7, 11) is -3.65. The van der Waals surface area contributed by atoms with Crippen LogP contribution in [0.1, 0.15) is 10.4 Å². The highest BCUT2D eigenvalue weighted by molar-refractivity contribution is 7.90. The number of nitrogens with zero attached hydrogens (tertiary/aromatic N) is 2. The summed E-state index contributed by atoms with van der Waals surface area (Å²) in [6.45, 7) is 4.64. The summed E-state index contributed by atoms with van der Waals surface area (Å²) in [6.07, 6.45) is 0.943. The second kappa shape index (κ2) is 9.09. The Morgan fingerprint density at radius 3 is 2.52 bits per heavy atom. The van der Waals surface area contributed by atoms with Crippen molar-refractivity contribution < 1.29 is 18.1 Å². The number of nitro benzene ring substituents is 1. The molecule has 2 rings (SSSR count). The number of carbonyl (C=O) groups excluding carboxylic acids is 1. The second-order valence-corrected chi connectivity index (χ2v) is 7.61. The molecule has 140 valence electrons. The van der Waals surface area contributed by atoms with Crippen LogP contribution in [0.15, 0.2) is 23.1 Å². The highest BCUT2D eigenvalue weighted by Gasteiger charge is 2.19. The quantitative estimate of drug-likeness (QED) is 0.518. The monoisotopic (exact) mass is 392 g/mol. The maximum absolute atomic E-state index is 12.2. The SMILES string of the molecule is CS(=O)(=O)c1cc(C(=O)NCCN2CCNCC2)cc([N+](=O)[O-])c1.Cl. The van der Waals surface area contributed by atoms with Crippen molar-refractivity contribution in [3.8, 4) is 0 Å². The predicted molar refractivity (Wildman–Crippen MR) is 95.1 cm³/mol. The van der Waals surface area contributed by atoms with Crippen molar-refractivity contribution >= 4 is 33.8 Å². The first kappa shape index (κ1) is 21.3. The van der Waals surface area contributed by atoms with Gasteiger partial charge in [0, 0.05) is 63.2 Å². The molecule has 0 bridgehead atoms. The minimum atomic E-state index is -3.65. The van der Waals surface area contributed by atoms with E-state index in [2.05, 4.69) is 15.5 Å². The number of benzene rings is 1. The number of carbonyl (C=O) groups is 1. The molecular weight excluding hydrogens is 372 g/mol. The lowest BCUT2D eigenvalue weighted by atomic mass is 10.2. The molecule has 1 saturated heterocycles. The third kappa shape index (κ3) is 6.24. The summed E-state index contributed by atoms with van der Waals surface area (Å²) in [4.78, 5) is 24.3. The summed E-state index contributed by atoms with van der Waals surface area (Å²) < 4.78 is 23.3. The van der Waals surface area contributed by atoms with Gasteiger partial charge in [0.2, 0.25) is 0 Å². The number of sulfone groups is 1. The van der Waals surface area contributed by atoms with Gasteiger partial charge in [-0.1, -0.05) is 0 Å². The second-order valence-electron chi connectivity index (χ2n) is 5.59. The van der Waals surface area contributed by atoms with E-state index in [1.54, 1.807) is 0 Å². The number of nitro groups is 1. The van der Waals surface area contributed by atoms with Crippen LogP contribution in [0.3, 0.4) is 0 Å². The van der Waals surface area contributed by atoms with E-state index >= 15 is 0 Å². The van der Waals surface area contributed by atoms with Gasteiger partial charge in [0.25, 0.3) is 11.6 Å². The van der Waals surface area contributed by atoms with Crippen molar-refractivity contribution in [2.45, 2.75) is 4.90 Å². The molecule has 0 spiro atoms. The molecule has 9 nitrogen and oxygen atoms in total. The fourth-order valence-electron chi connectivity index (χ4n) is 2.40. The zero-order valence-corrected chi connectivity index (χ0v) is 15.4. The number of hydrogen-bond donors (Lipinski definition) is 2. The maximum atomic E-state index is 12.2. The number of non-ortho nitro benzene ring substituents is 1. The van der Waals surface area contributed by atoms with Crippen LogP contribution in [0.5, 0.6) is 0 Å². The molecule has 0 radical (unpaired) electrons. The largest absolute Gasteiger partial charge is 0.351 e. The van der Waals surface area contributed by atoms with Gasteiger partial charge in [0.15, 0.2) is 9.84 Å². The summed E-state index contributed by atoms with van der Waals surface area (Å²) in [5.74, 6) is -0.529. The number of halogens is 1. The molecule has 0 atom stereocenters. The first-order valence-electron chi connectivity index (χ1n) is 7.48. The van der Waals surface area contributed by atoms with Crippen LogP contribution >= 0.6 is 12.4 Å². The Morgan fingerprint density at radius 2 is 1.96 bits per heavy atom. The van der Waals surface area contributed by atoms with Crippen molar-refractivity contribution in [2.24, 2.45) is 0 Å². The van der Waals surface area contributed by atoms with E-state index in [4.69, 9.17) is 0 Å². The summed E-state index contributed by atoms with van der Waals surface area (Å²) in [6, 6.07) is 3.18. The van der Waals surface area contributed by atoms with E-state index in [0.717, 1.165) is 50.6 Å². The van der Waals surface area contributed by atoms with Crippen LogP contribution < -0.4 is 10.6 Å². The number of hydrogen-bond acceptors (Lipinski definition) is 7. The van der Waals surface area contributed by atoms with E-state index in [1.807, 2.05) is 0 Å². The maximum Gasteiger partial charge on any atom is 0.271 e. The summed E-state index contributed by atoms with van der Waals surface area (Å²) >= 11 is 0. The van der Waals surface area contributed by atoms with Crippen molar-refractivity contribution in [3.05, 3.63) is 33.9 Å². The van der Waals surface area contributed by atoms with Crippen molar-refractivity contribution in [2.75, 3.05) is 45.5 Å². The van der Waals surface area contributed by atoms with Crippen LogP contribution in [-0.2, 0) is 9.84 Å². The van der Waals surface area contributed by atoms with Crippen LogP contribution in [0.25, 0.3) is 0 Å². The highest BCUT2D eigenvalue weighted by atomic mass is 35.5. The summed E-state index contributed by atoms with van der Waals surface area (Å²) in [5, 5.41) is 16.8. The standard InChI is InChI=1S/C14H20N4O5S.ClH/c1-24(22,23)13-9-11(8-12(10-13)18(20)21)14(19)16-4-7-17-5-2-15-3-6-17;/h8-10,15H,2-7H2,1H3,(H,16,19);1H. The molecule has 1 heterocycles. The lowest BCUT2D eigenvalue weighted by Gasteiger charge is -2.27. The minimum Gasteiger partial charge on any atom is -0.351 e. The van der Waals surface area contributed by atoms with Gasteiger partial charge in [-0.15, -0.1) is 12.4 Å². The van der Waals surface area contributed by atoms with E-state index in [1.165, 1.54) is 0 Å². The van der Waals surface area contributed by atoms with Crippen LogP contribution in [0.4, 0.5) is 5.69 Å². The molecule has 0 aromatic heterocycles. The Morgan fingerprint density at radius 1 is 1.32 bits per heavy atom. The van der Waals surface area contributed by atoms with Crippen LogP contribution in [0.2, 0.25) is 0 Å². The number of amides is 1. The number of nitrogens with one attached hydrogen (secondary N) is 2. The molecular formula is C14H21ClN4O5S. The molecule has 1 amide bonds. The van der Waals surface area contributed by atoms with E-state index in [0.29, 0.717) is 13.1 Å².